The summed E-state index contributed by atoms with van der Waals surface area (Å²) in [5.74, 6) is 0. The highest BCUT2D eigenvalue weighted by molar-refractivity contribution is 5.50. The van der Waals surface area contributed by atoms with Crippen LogP contribution in [-0.4, -0.2) is 25.2 Å². The Kier molecular flexibility index (Phi) is 3.90. The van der Waals surface area contributed by atoms with E-state index in [1.54, 1.807) is 6.07 Å². The minimum Gasteiger partial charge on any atom is -0.369 e. The van der Waals surface area contributed by atoms with Gasteiger partial charge in [0.2, 0.25) is 6.08 Å². The van der Waals surface area contributed by atoms with Gasteiger partial charge in [0.25, 0.3) is 0 Å². The van der Waals surface area contributed by atoms with Gasteiger partial charge in [-0.15, -0.1) is 0 Å². The van der Waals surface area contributed by atoms with Crippen molar-refractivity contribution < 1.29 is 18.0 Å². The van der Waals surface area contributed by atoms with Crippen molar-refractivity contribution in [1.29, 1.82) is 0 Å². The minimum absolute atomic E-state index is 0.180. The molecule has 1 aliphatic rings. The van der Waals surface area contributed by atoms with Gasteiger partial charge in [0, 0.05) is 18.8 Å². The molecule has 1 aromatic carbocycles. The number of hydrogen-bond donors (Lipinski definition) is 0. The summed E-state index contributed by atoms with van der Waals surface area (Å²) < 4.78 is 37.9. The summed E-state index contributed by atoms with van der Waals surface area (Å²) in [4.78, 5) is 15.7. The number of hydrogen-bond acceptors (Lipinski definition) is 3. The monoisotopic (exact) mass is 270 g/mol. The van der Waals surface area contributed by atoms with Crippen molar-refractivity contribution in [3.63, 3.8) is 0 Å². The number of carbonyl (C=O) groups excluding carboxylic acids is 1. The first-order chi connectivity index (χ1) is 9.00. The van der Waals surface area contributed by atoms with Gasteiger partial charge in [0.05, 0.1) is 11.6 Å². The zero-order valence-corrected chi connectivity index (χ0v) is 10.2. The molecule has 0 spiro atoms. The van der Waals surface area contributed by atoms with Crippen molar-refractivity contribution in [2.24, 2.45) is 4.99 Å². The minimum atomic E-state index is -4.34. The molecule has 0 aromatic heterocycles. The highest BCUT2D eigenvalue weighted by Crippen LogP contribution is 2.32. The van der Waals surface area contributed by atoms with Crippen molar-refractivity contribution in [1.82, 2.24) is 0 Å². The molecule has 1 unspecified atom stereocenters. The molecule has 1 saturated heterocycles. The number of anilines is 1. The summed E-state index contributed by atoms with van der Waals surface area (Å²) in [6.07, 6.45) is -1.26. The molecule has 0 amide bonds. The first-order valence-electron chi connectivity index (χ1n) is 6.00. The van der Waals surface area contributed by atoms with Crippen LogP contribution in [0, 0.1) is 0 Å². The Labute approximate surface area is 108 Å². The summed E-state index contributed by atoms with van der Waals surface area (Å²) in [5, 5.41) is 0. The first kappa shape index (κ1) is 13.6. The largest absolute Gasteiger partial charge is 0.416 e. The summed E-state index contributed by atoms with van der Waals surface area (Å²) >= 11 is 0. The SMILES string of the molecule is O=C=NC1CCCN(c2cccc(C(F)(F)F)c2)C1. The predicted octanol–water partition coefficient (Wildman–Crippen LogP) is 3.01. The quantitative estimate of drug-likeness (QED) is 0.611. The van der Waals surface area contributed by atoms with Crippen LogP contribution in [-0.2, 0) is 11.0 Å². The molecule has 6 heteroatoms. The maximum atomic E-state index is 12.6. The van der Waals surface area contributed by atoms with Gasteiger partial charge < -0.3 is 4.90 Å². The van der Waals surface area contributed by atoms with Gasteiger partial charge in [-0.1, -0.05) is 6.07 Å². The normalized spacial score (nSPS) is 19.9. The third-order valence-electron chi connectivity index (χ3n) is 3.17. The van der Waals surface area contributed by atoms with Crippen molar-refractivity contribution in [2.45, 2.75) is 25.1 Å². The number of benzene rings is 1. The topological polar surface area (TPSA) is 32.7 Å². The lowest BCUT2D eigenvalue weighted by Gasteiger charge is -2.32. The van der Waals surface area contributed by atoms with E-state index >= 15 is 0 Å². The Morgan fingerprint density at radius 2 is 2.16 bits per heavy atom. The van der Waals surface area contributed by atoms with Crippen LogP contribution in [0.4, 0.5) is 18.9 Å². The lowest BCUT2D eigenvalue weighted by Crippen LogP contribution is -2.37. The molecule has 1 fully saturated rings. The van der Waals surface area contributed by atoms with Crippen molar-refractivity contribution in [3.8, 4) is 0 Å². The van der Waals surface area contributed by atoms with Gasteiger partial charge in [-0.2, -0.15) is 13.2 Å². The van der Waals surface area contributed by atoms with Crippen molar-refractivity contribution >= 4 is 11.8 Å². The zero-order chi connectivity index (χ0) is 13.9. The average Bonchev–Trinajstić information content (AvgIpc) is 2.39. The third-order valence-corrected chi connectivity index (χ3v) is 3.17. The number of halogens is 3. The molecule has 0 radical (unpaired) electrons. The zero-order valence-electron chi connectivity index (χ0n) is 10.2. The molecule has 1 atom stereocenters. The maximum absolute atomic E-state index is 12.6. The van der Waals surface area contributed by atoms with Crippen molar-refractivity contribution in [3.05, 3.63) is 29.8 Å². The Hall–Kier alpha value is -1.81. The summed E-state index contributed by atoms with van der Waals surface area (Å²) in [7, 11) is 0. The molecule has 0 aliphatic carbocycles. The number of piperidine rings is 1. The molecule has 0 saturated carbocycles. The van der Waals surface area contributed by atoms with E-state index in [1.165, 1.54) is 12.1 Å². The second-order valence-corrected chi connectivity index (χ2v) is 4.51. The molecule has 3 nitrogen and oxygen atoms in total. The standard InChI is InChI=1S/C13H13F3N2O/c14-13(15,16)10-3-1-5-12(7-10)18-6-2-4-11(8-18)17-9-19/h1,3,5,7,11H,2,4,6,8H2. The highest BCUT2D eigenvalue weighted by atomic mass is 19.4. The second-order valence-electron chi connectivity index (χ2n) is 4.51. The maximum Gasteiger partial charge on any atom is 0.416 e. The second kappa shape index (κ2) is 5.45. The van der Waals surface area contributed by atoms with Gasteiger partial charge >= 0.3 is 6.18 Å². The number of alkyl halides is 3. The fraction of sp³-hybridized carbons (Fsp3) is 0.462. The Bertz CT molecular complexity index is 495. The van der Waals surface area contributed by atoms with E-state index < -0.39 is 11.7 Å². The smallest absolute Gasteiger partial charge is 0.369 e. The van der Waals surface area contributed by atoms with Crippen LogP contribution in [0.5, 0.6) is 0 Å². The van der Waals surface area contributed by atoms with Crippen LogP contribution < -0.4 is 4.90 Å². The van der Waals surface area contributed by atoms with Gasteiger partial charge in [0.15, 0.2) is 0 Å². The van der Waals surface area contributed by atoms with E-state index in [2.05, 4.69) is 4.99 Å². The average molecular weight is 270 g/mol. The molecule has 1 heterocycles. The van der Waals surface area contributed by atoms with Gasteiger partial charge in [-0.3, -0.25) is 0 Å². The summed E-state index contributed by atoms with van der Waals surface area (Å²) in [6.45, 7) is 1.13. The lowest BCUT2D eigenvalue weighted by molar-refractivity contribution is -0.137. The molecule has 0 N–H and O–H groups in total. The Balaban J connectivity index is 2.19. The molecule has 19 heavy (non-hydrogen) atoms. The van der Waals surface area contributed by atoms with Crippen LogP contribution in [0.3, 0.4) is 0 Å². The third kappa shape index (κ3) is 3.35. The number of aliphatic imine (C=N–C) groups is 1. The van der Waals surface area contributed by atoms with Gasteiger partial charge in [0.1, 0.15) is 0 Å². The predicted molar refractivity (Wildman–Crippen MR) is 64.8 cm³/mol. The van der Waals surface area contributed by atoms with Gasteiger partial charge in [-0.25, -0.2) is 9.79 Å². The molecule has 1 aliphatic heterocycles. The number of nitrogens with zero attached hydrogens (tertiary/aromatic N) is 2. The lowest BCUT2D eigenvalue weighted by atomic mass is 10.0. The Morgan fingerprint density at radius 1 is 1.37 bits per heavy atom. The molecule has 0 bridgehead atoms. The van der Waals surface area contributed by atoms with E-state index in [9.17, 15) is 18.0 Å². The van der Waals surface area contributed by atoms with Crippen LogP contribution in [0.15, 0.2) is 29.3 Å². The van der Waals surface area contributed by atoms with E-state index in [0.29, 0.717) is 18.8 Å². The van der Waals surface area contributed by atoms with Crippen LogP contribution >= 0.6 is 0 Å². The molecular weight excluding hydrogens is 257 g/mol. The number of rotatable bonds is 2. The summed E-state index contributed by atoms with van der Waals surface area (Å²) in [5.41, 5.74) is -0.147. The first-order valence-corrected chi connectivity index (χ1v) is 6.00. The Morgan fingerprint density at radius 3 is 2.84 bits per heavy atom. The van der Waals surface area contributed by atoms with E-state index in [0.717, 1.165) is 25.0 Å². The van der Waals surface area contributed by atoms with E-state index in [1.807, 2.05) is 4.90 Å². The van der Waals surface area contributed by atoms with Crippen LogP contribution in [0.25, 0.3) is 0 Å². The molecular formula is C13H13F3N2O. The van der Waals surface area contributed by atoms with Crippen molar-refractivity contribution in [2.75, 3.05) is 18.0 Å². The molecule has 2 rings (SSSR count). The van der Waals surface area contributed by atoms with E-state index in [4.69, 9.17) is 0 Å². The molecule has 1 aromatic rings. The van der Waals surface area contributed by atoms with Gasteiger partial charge in [-0.05, 0) is 31.0 Å². The fourth-order valence-corrected chi connectivity index (χ4v) is 2.25. The van der Waals surface area contributed by atoms with Crippen LogP contribution in [0.2, 0.25) is 0 Å². The molecule has 102 valence electrons. The summed E-state index contributed by atoms with van der Waals surface area (Å²) in [6, 6.07) is 5.04. The highest BCUT2D eigenvalue weighted by Gasteiger charge is 2.31. The fourth-order valence-electron chi connectivity index (χ4n) is 2.25. The number of isocyanates is 1. The van der Waals surface area contributed by atoms with Crippen LogP contribution in [0.1, 0.15) is 18.4 Å². The van der Waals surface area contributed by atoms with E-state index in [-0.39, 0.29) is 6.04 Å².